The molecule has 2 rings (SSSR count). The van der Waals surface area contributed by atoms with Crippen LogP contribution in [0.5, 0.6) is 0 Å². The first-order valence-electron chi connectivity index (χ1n) is 5.77. The lowest BCUT2D eigenvalue weighted by Gasteiger charge is -2.22. The molecule has 88 valence electrons. The summed E-state index contributed by atoms with van der Waals surface area (Å²) >= 11 is 0. The Labute approximate surface area is 95.0 Å². The first-order valence-corrected chi connectivity index (χ1v) is 5.77. The van der Waals surface area contributed by atoms with Gasteiger partial charge in [-0.2, -0.15) is 0 Å². The van der Waals surface area contributed by atoms with E-state index in [-0.39, 0.29) is 11.7 Å². The van der Waals surface area contributed by atoms with Crippen LogP contribution in [0, 0.1) is 5.92 Å². The second-order valence-corrected chi connectivity index (χ2v) is 4.11. The van der Waals surface area contributed by atoms with Crippen LogP contribution in [-0.2, 0) is 4.74 Å². The van der Waals surface area contributed by atoms with E-state index in [1.165, 1.54) is 19.1 Å². The highest BCUT2D eigenvalue weighted by atomic mass is 16.5. The summed E-state index contributed by atoms with van der Waals surface area (Å²) in [5, 5.41) is 3.34. The monoisotopic (exact) mass is 223 g/mol. The number of hydrogen-bond donors (Lipinski definition) is 1. The highest BCUT2D eigenvalue weighted by molar-refractivity contribution is 5.86. The normalized spacial score (nSPS) is 20.6. The molecule has 0 radical (unpaired) electrons. The topological polar surface area (TPSA) is 51.5 Å². The molecular formula is C12H17NO3. The molecule has 4 nitrogen and oxygen atoms in total. The first kappa shape index (κ1) is 11.2. The third kappa shape index (κ3) is 3.10. The van der Waals surface area contributed by atoms with Crippen molar-refractivity contribution in [2.24, 2.45) is 5.92 Å². The van der Waals surface area contributed by atoms with E-state index < -0.39 is 0 Å². The zero-order valence-corrected chi connectivity index (χ0v) is 9.28. The molecule has 0 saturated carbocycles. The zero-order valence-electron chi connectivity index (χ0n) is 9.28. The minimum atomic E-state index is -0.367. The molecular weight excluding hydrogens is 206 g/mol. The number of piperidine rings is 1. The second-order valence-electron chi connectivity index (χ2n) is 4.11. The Morgan fingerprint density at radius 1 is 1.62 bits per heavy atom. The molecule has 0 aliphatic carbocycles. The van der Waals surface area contributed by atoms with Gasteiger partial charge in [0, 0.05) is 0 Å². The van der Waals surface area contributed by atoms with Crippen LogP contribution in [0.4, 0.5) is 0 Å². The molecule has 1 aromatic rings. The van der Waals surface area contributed by atoms with E-state index in [2.05, 4.69) is 5.32 Å². The van der Waals surface area contributed by atoms with Gasteiger partial charge in [-0.05, 0) is 50.4 Å². The van der Waals surface area contributed by atoms with Crippen molar-refractivity contribution in [3.8, 4) is 0 Å². The third-order valence-corrected chi connectivity index (χ3v) is 2.88. The van der Waals surface area contributed by atoms with E-state index in [0.29, 0.717) is 12.5 Å². The van der Waals surface area contributed by atoms with E-state index in [1.54, 1.807) is 12.1 Å². The van der Waals surface area contributed by atoms with Gasteiger partial charge in [0.1, 0.15) is 0 Å². The minimum Gasteiger partial charge on any atom is -0.460 e. The van der Waals surface area contributed by atoms with Crippen LogP contribution in [0.1, 0.15) is 29.8 Å². The molecule has 16 heavy (non-hydrogen) atoms. The Hall–Kier alpha value is -1.29. The number of furan rings is 1. The molecule has 1 atom stereocenters. The van der Waals surface area contributed by atoms with E-state index in [1.807, 2.05) is 0 Å². The summed E-state index contributed by atoms with van der Waals surface area (Å²) in [4.78, 5) is 11.4. The third-order valence-electron chi connectivity index (χ3n) is 2.88. The average Bonchev–Trinajstić information content (AvgIpc) is 2.84. The van der Waals surface area contributed by atoms with Gasteiger partial charge in [0.05, 0.1) is 12.9 Å². The molecule has 1 N–H and O–H groups in total. The molecule has 4 heteroatoms. The maximum absolute atomic E-state index is 11.4. The lowest BCUT2D eigenvalue weighted by Crippen LogP contribution is -2.30. The Kier molecular flexibility index (Phi) is 3.99. The Morgan fingerprint density at radius 3 is 3.25 bits per heavy atom. The molecule has 0 amide bonds. The predicted molar refractivity (Wildman–Crippen MR) is 59.2 cm³/mol. The van der Waals surface area contributed by atoms with Crippen LogP contribution in [0.3, 0.4) is 0 Å². The lowest BCUT2D eigenvalue weighted by molar-refractivity contribution is 0.0441. The summed E-state index contributed by atoms with van der Waals surface area (Å²) in [6.45, 7) is 2.63. The van der Waals surface area contributed by atoms with Crippen molar-refractivity contribution in [3.63, 3.8) is 0 Å². The summed E-state index contributed by atoms with van der Waals surface area (Å²) in [5.41, 5.74) is 0. The van der Waals surface area contributed by atoms with Crippen LogP contribution >= 0.6 is 0 Å². The smallest absolute Gasteiger partial charge is 0.374 e. The van der Waals surface area contributed by atoms with Crippen molar-refractivity contribution >= 4 is 5.97 Å². The van der Waals surface area contributed by atoms with Gasteiger partial charge in [0.25, 0.3) is 0 Å². The van der Waals surface area contributed by atoms with Crippen molar-refractivity contribution < 1.29 is 13.9 Å². The van der Waals surface area contributed by atoms with Crippen molar-refractivity contribution in [1.29, 1.82) is 0 Å². The molecule has 0 aromatic carbocycles. The highest BCUT2D eigenvalue weighted by Crippen LogP contribution is 2.14. The van der Waals surface area contributed by atoms with Gasteiger partial charge < -0.3 is 14.5 Å². The van der Waals surface area contributed by atoms with Crippen molar-refractivity contribution in [2.45, 2.75) is 19.3 Å². The van der Waals surface area contributed by atoms with Crippen LogP contribution in [-0.4, -0.2) is 25.7 Å². The number of carbonyl (C=O) groups excluding carboxylic acids is 1. The zero-order chi connectivity index (χ0) is 11.2. The number of esters is 1. The molecule has 1 aliphatic heterocycles. The van der Waals surface area contributed by atoms with Crippen molar-refractivity contribution in [2.75, 3.05) is 19.7 Å². The van der Waals surface area contributed by atoms with Gasteiger partial charge in [-0.15, -0.1) is 0 Å². The Morgan fingerprint density at radius 2 is 2.56 bits per heavy atom. The maximum Gasteiger partial charge on any atom is 0.374 e. The summed E-state index contributed by atoms with van der Waals surface area (Å²) in [5.74, 6) is 0.550. The number of ether oxygens (including phenoxy) is 1. The van der Waals surface area contributed by atoms with E-state index in [0.717, 1.165) is 19.5 Å². The van der Waals surface area contributed by atoms with E-state index in [9.17, 15) is 4.79 Å². The van der Waals surface area contributed by atoms with Gasteiger partial charge in [0.2, 0.25) is 5.76 Å². The number of hydrogen-bond acceptors (Lipinski definition) is 4. The molecule has 0 bridgehead atoms. The van der Waals surface area contributed by atoms with Crippen LogP contribution in [0.15, 0.2) is 22.8 Å². The summed E-state index contributed by atoms with van der Waals surface area (Å²) < 4.78 is 10.1. The molecule has 1 aromatic heterocycles. The highest BCUT2D eigenvalue weighted by Gasteiger charge is 2.14. The van der Waals surface area contributed by atoms with E-state index in [4.69, 9.17) is 9.15 Å². The van der Waals surface area contributed by atoms with Gasteiger partial charge in [0.15, 0.2) is 0 Å². The number of carbonyl (C=O) groups is 1. The van der Waals surface area contributed by atoms with E-state index >= 15 is 0 Å². The molecule has 0 spiro atoms. The summed E-state index contributed by atoms with van der Waals surface area (Å²) in [7, 11) is 0. The van der Waals surface area contributed by atoms with Gasteiger partial charge >= 0.3 is 5.97 Å². The summed E-state index contributed by atoms with van der Waals surface area (Å²) in [6.07, 6.45) is 4.85. The molecule has 1 saturated heterocycles. The predicted octanol–water partition coefficient (Wildman–Crippen LogP) is 1.83. The lowest BCUT2D eigenvalue weighted by atomic mass is 9.97. The maximum atomic E-state index is 11.4. The van der Waals surface area contributed by atoms with Gasteiger partial charge in [-0.25, -0.2) is 4.79 Å². The fourth-order valence-electron chi connectivity index (χ4n) is 1.95. The Bertz CT molecular complexity index is 315. The Balaban J connectivity index is 1.66. The van der Waals surface area contributed by atoms with Crippen molar-refractivity contribution in [1.82, 2.24) is 5.32 Å². The standard InChI is InChI=1S/C12H17NO3/c14-12(11-4-2-7-15-11)16-8-5-10-3-1-6-13-9-10/h2,4,7,10,13H,1,3,5-6,8-9H2/t10-/m0/s1. The number of rotatable bonds is 4. The minimum absolute atomic E-state index is 0.279. The van der Waals surface area contributed by atoms with Crippen LogP contribution in [0.25, 0.3) is 0 Å². The van der Waals surface area contributed by atoms with Crippen molar-refractivity contribution in [3.05, 3.63) is 24.2 Å². The second kappa shape index (κ2) is 5.70. The molecule has 0 unspecified atom stereocenters. The van der Waals surface area contributed by atoms with Crippen LogP contribution < -0.4 is 5.32 Å². The average molecular weight is 223 g/mol. The summed E-state index contributed by atoms with van der Waals surface area (Å²) in [6, 6.07) is 3.30. The van der Waals surface area contributed by atoms with Crippen LogP contribution in [0.2, 0.25) is 0 Å². The molecule has 1 aliphatic rings. The van der Waals surface area contributed by atoms with Gasteiger partial charge in [-0.3, -0.25) is 0 Å². The largest absolute Gasteiger partial charge is 0.460 e. The molecule has 2 heterocycles. The number of nitrogens with one attached hydrogen (secondary N) is 1. The van der Waals surface area contributed by atoms with Gasteiger partial charge in [-0.1, -0.05) is 0 Å². The fourth-order valence-corrected chi connectivity index (χ4v) is 1.95. The quantitative estimate of drug-likeness (QED) is 0.791. The fraction of sp³-hybridized carbons (Fsp3) is 0.583. The first-order chi connectivity index (χ1) is 7.86. The SMILES string of the molecule is O=C(OCC[C@@H]1CCCNC1)c1ccco1. The molecule has 1 fully saturated rings.